The van der Waals surface area contributed by atoms with Gasteiger partial charge in [0, 0.05) is 17.5 Å². The summed E-state index contributed by atoms with van der Waals surface area (Å²) in [4.78, 5) is 16.1. The summed E-state index contributed by atoms with van der Waals surface area (Å²) in [6, 6.07) is 6.34. The van der Waals surface area contributed by atoms with Crippen LogP contribution in [0.1, 0.15) is 24.2 Å². The van der Waals surface area contributed by atoms with Gasteiger partial charge >= 0.3 is 0 Å². The van der Waals surface area contributed by atoms with Crippen molar-refractivity contribution >= 4 is 23.4 Å². The number of carbonyl (C=O) groups excluding carboxylic acids is 1. The van der Waals surface area contributed by atoms with Gasteiger partial charge < -0.3 is 5.32 Å². The predicted molar refractivity (Wildman–Crippen MR) is 79.5 cm³/mol. The van der Waals surface area contributed by atoms with Gasteiger partial charge in [-0.05, 0) is 24.3 Å². The molecule has 2 rings (SSSR count). The van der Waals surface area contributed by atoms with Crippen LogP contribution in [0.2, 0.25) is 0 Å². The van der Waals surface area contributed by atoms with E-state index in [1.54, 1.807) is 23.9 Å². The summed E-state index contributed by atoms with van der Waals surface area (Å²) in [5.74, 6) is -2.00. The molecule has 1 N–H and O–H groups in total. The zero-order chi connectivity index (χ0) is 15.4. The summed E-state index contributed by atoms with van der Waals surface area (Å²) in [7, 11) is 0. The van der Waals surface area contributed by atoms with Crippen LogP contribution in [0.25, 0.3) is 0 Å². The molecule has 1 aromatic carbocycles. The second kappa shape index (κ2) is 6.67. The van der Waals surface area contributed by atoms with Gasteiger partial charge in [-0.3, -0.25) is 4.79 Å². The Morgan fingerprint density at radius 3 is 2.57 bits per heavy atom. The first-order valence-electron chi connectivity index (χ1n) is 6.35. The van der Waals surface area contributed by atoms with E-state index in [1.807, 2.05) is 13.8 Å². The quantitative estimate of drug-likeness (QED) is 0.864. The van der Waals surface area contributed by atoms with E-state index in [0.29, 0.717) is 10.8 Å². The highest BCUT2D eigenvalue weighted by molar-refractivity contribution is 7.99. The van der Waals surface area contributed by atoms with Gasteiger partial charge in [-0.2, -0.15) is 0 Å². The standard InChI is InChI=1S/C15H14F2N2OS/c1-9(2)21-14-6-3-10(8-18-14)15(20)19-13-5-4-11(16)7-12(13)17/h3-9H,1-2H3,(H,19,20). The number of carbonyl (C=O) groups is 1. The lowest BCUT2D eigenvalue weighted by Gasteiger charge is -2.07. The first kappa shape index (κ1) is 15.4. The van der Waals surface area contributed by atoms with Crippen molar-refractivity contribution in [2.75, 3.05) is 5.32 Å². The Morgan fingerprint density at radius 2 is 2.00 bits per heavy atom. The zero-order valence-corrected chi connectivity index (χ0v) is 12.4. The monoisotopic (exact) mass is 308 g/mol. The van der Waals surface area contributed by atoms with Crippen LogP contribution in [-0.4, -0.2) is 16.1 Å². The number of hydrogen-bond acceptors (Lipinski definition) is 3. The highest BCUT2D eigenvalue weighted by Crippen LogP contribution is 2.21. The minimum absolute atomic E-state index is 0.0676. The molecule has 0 aliphatic carbocycles. The van der Waals surface area contributed by atoms with Crippen molar-refractivity contribution in [2.24, 2.45) is 0 Å². The van der Waals surface area contributed by atoms with E-state index < -0.39 is 17.5 Å². The van der Waals surface area contributed by atoms with E-state index >= 15 is 0 Å². The Hall–Kier alpha value is -1.95. The Balaban J connectivity index is 2.09. The molecule has 0 unspecified atom stereocenters. The molecule has 110 valence electrons. The third kappa shape index (κ3) is 4.26. The van der Waals surface area contributed by atoms with Crippen LogP contribution in [-0.2, 0) is 0 Å². The lowest BCUT2D eigenvalue weighted by atomic mass is 10.2. The number of amides is 1. The van der Waals surface area contributed by atoms with Gasteiger partial charge in [0.1, 0.15) is 11.6 Å². The summed E-state index contributed by atoms with van der Waals surface area (Å²) in [5.41, 5.74) is 0.244. The molecule has 0 bridgehead atoms. The van der Waals surface area contributed by atoms with Crippen molar-refractivity contribution in [3.8, 4) is 0 Å². The van der Waals surface area contributed by atoms with Crippen LogP contribution in [0.3, 0.4) is 0 Å². The Bertz CT molecular complexity index is 645. The van der Waals surface area contributed by atoms with Crippen molar-refractivity contribution in [3.05, 3.63) is 53.7 Å². The second-order valence-corrected chi connectivity index (χ2v) is 6.23. The third-order valence-electron chi connectivity index (χ3n) is 2.53. The minimum Gasteiger partial charge on any atom is -0.319 e. The Kier molecular flexibility index (Phi) is 4.90. The largest absolute Gasteiger partial charge is 0.319 e. The summed E-state index contributed by atoms with van der Waals surface area (Å²) in [6.07, 6.45) is 1.43. The van der Waals surface area contributed by atoms with Crippen LogP contribution in [0, 0.1) is 11.6 Å². The first-order valence-corrected chi connectivity index (χ1v) is 7.23. The summed E-state index contributed by atoms with van der Waals surface area (Å²) in [6.45, 7) is 4.09. The van der Waals surface area contributed by atoms with Gasteiger partial charge in [-0.25, -0.2) is 13.8 Å². The normalized spacial score (nSPS) is 10.7. The Labute approximate surface area is 125 Å². The van der Waals surface area contributed by atoms with Crippen molar-refractivity contribution in [3.63, 3.8) is 0 Å². The predicted octanol–water partition coefficient (Wildman–Crippen LogP) is 4.11. The molecule has 0 aliphatic heterocycles. The van der Waals surface area contributed by atoms with Crippen LogP contribution >= 0.6 is 11.8 Å². The van der Waals surface area contributed by atoms with Crippen molar-refractivity contribution in [1.29, 1.82) is 0 Å². The Morgan fingerprint density at radius 1 is 1.24 bits per heavy atom. The maximum Gasteiger partial charge on any atom is 0.257 e. The van der Waals surface area contributed by atoms with E-state index in [9.17, 15) is 13.6 Å². The molecule has 0 spiro atoms. The van der Waals surface area contributed by atoms with Crippen molar-refractivity contribution in [2.45, 2.75) is 24.1 Å². The van der Waals surface area contributed by atoms with Crippen molar-refractivity contribution < 1.29 is 13.6 Å². The van der Waals surface area contributed by atoms with Gasteiger partial charge in [0.15, 0.2) is 0 Å². The van der Waals surface area contributed by atoms with E-state index in [-0.39, 0.29) is 5.69 Å². The number of nitrogens with zero attached hydrogens (tertiary/aromatic N) is 1. The van der Waals surface area contributed by atoms with E-state index in [4.69, 9.17) is 0 Å². The highest BCUT2D eigenvalue weighted by Gasteiger charge is 2.11. The molecule has 1 heterocycles. The molecule has 0 atom stereocenters. The molecule has 0 fully saturated rings. The number of halogens is 2. The maximum atomic E-state index is 13.5. The van der Waals surface area contributed by atoms with Gasteiger partial charge in [0.2, 0.25) is 0 Å². The number of benzene rings is 1. The lowest BCUT2D eigenvalue weighted by Crippen LogP contribution is -2.13. The molecule has 0 saturated heterocycles. The third-order valence-corrected chi connectivity index (χ3v) is 3.49. The fourth-order valence-corrected chi connectivity index (χ4v) is 2.35. The van der Waals surface area contributed by atoms with Crippen LogP contribution in [0.15, 0.2) is 41.6 Å². The van der Waals surface area contributed by atoms with Gasteiger partial charge in [0.25, 0.3) is 5.91 Å². The molecule has 3 nitrogen and oxygen atoms in total. The highest BCUT2D eigenvalue weighted by atomic mass is 32.2. The van der Waals surface area contributed by atoms with Gasteiger partial charge in [-0.15, -0.1) is 11.8 Å². The van der Waals surface area contributed by atoms with Gasteiger partial charge in [0.05, 0.1) is 16.3 Å². The number of pyridine rings is 1. The molecule has 1 aromatic heterocycles. The summed E-state index contributed by atoms with van der Waals surface area (Å²) in [5, 5.41) is 3.59. The fraction of sp³-hybridized carbons (Fsp3) is 0.200. The number of hydrogen-bond donors (Lipinski definition) is 1. The lowest BCUT2D eigenvalue weighted by molar-refractivity contribution is 0.102. The summed E-state index contributed by atoms with van der Waals surface area (Å²) >= 11 is 1.58. The smallest absolute Gasteiger partial charge is 0.257 e. The van der Waals surface area contributed by atoms with E-state index in [2.05, 4.69) is 10.3 Å². The second-order valence-electron chi connectivity index (χ2n) is 4.63. The average molecular weight is 308 g/mol. The van der Waals surface area contributed by atoms with Crippen LogP contribution < -0.4 is 5.32 Å². The topological polar surface area (TPSA) is 42.0 Å². The molecule has 0 saturated carbocycles. The number of rotatable bonds is 4. The number of thioether (sulfide) groups is 1. The van der Waals surface area contributed by atoms with E-state index in [1.165, 1.54) is 12.3 Å². The van der Waals surface area contributed by atoms with E-state index in [0.717, 1.165) is 17.2 Å². The molecule has 1 amide bonds. The SMILES string of the molecule is CC(C)Sc1ccc(C(=O)Nc2ccc(F)cc2F)cn1. The summed E-state index contributed by atoms with van der Waals surface area (Å²) < 4.78 is 26.3. The molecular formula is C15H14F2N2OS. The molecule has 2 aromatic rings. The molecule has 21 heavy (non-hydrogen) atoms. The molecular weight excluding hydrogens is 294 g/mol. The average Bonchev–Trinajstić information content (AvgIpc) is 2.42. The number of anilines is 1. The minimum atomic E-state index is -0.816. The van der Waals surface area contributed by atoms with Gasteiger partial charge in [-0.1, -0.05) is 13.8 Å². The molecule has 0 aliphatic rings. The van der Waals surface area contributed by atoms with Crippen LogP contribution in [0.4, 0.5) is 14.5 Å². The zero-order valence-electron chi connectivity index (χ0n) is 11.6. The number of aromatic nitrogens is 1. The molecule has 0 radical (unpaired) electrons. The maximum absolute atomic E-state index is 13.5. The van der Waals surface area contributed by atoms with Crippen molar-refractivity contribution in [1.82, 2.24) is 4.98 Å². The van der Waals surface area contributed by atoms with Crippen LogP contribution in [0.5, 0.6) is 0 Å². The fourth-order valence-electron chi connectivity index (χ4n) is 1.61. The number of nitrogens with one attached hydrogen (secondary N) is 1. The molecule has 6 heteroatoms. The first-order chi connectivity index (χ1) is 9.95.